The van der Waals surface area contributed by atoms with Gasteiger partial charge in [0.25, 0.3) is 0 Å². The minimum Gasteiger partial charge on any atom is -0.399 e. The van der Waals surface area contributed by atoms with Crippen molar-refractivity contribution in [3.63, 3.8) is 0 Å². The highest BCUT2D eigenvalue weighted by Crippen LogP contribution is 2.24. The first-order chi connectivity index (χ1) is 9.95. The molecule has 21 heavy (non-hydrogen) atoms. The van der Waals surface area contributed by atoms with Crippen molar-refractivity contribution in [1.82, 2.24) is 0 Å². The van der Waals surface area contributed by atoms with Crippen LogP contribution in [0.25, 0.3) is 0 Å². The van der Waals surface area contributed by atoms with Gasteiger partial charge in [0.15, 0.2) is 0 Å². The van der Waals surface area contributed by atoms with E-state index in [0.29, 0.717) is 11.4 Å². The number of amides is 1. The van der Waals surface area contributed by atoms with Gasteiger partial charge in [0.2, 0.25) is 5.91 Å². The highest BCUT2D eigenvalue weighted by atomic mass is 79.9. The maximum absolute atomic E-state index is 12.1. The van der Waals surface area contributed by atoms with Crippen molar-refractivity contribution in [1.29, 1.82) is 0 Å². The second kappa shape index (κ2) is 6.63. The van der Waals surface area contributed by atoms with Gasteiger partial charge >= 0.3 is 0 Å². The molecule has 0 saturated carbocycles. The lowest BCUT2D eigenvalue weighted by Crippen LogP contribution is -2.30. The van der Waals surface area contributed by atoms with E-state index in [1.165, 1.54) is 5.56 Å². The Kier molecular flexibility index (Phi) is 4.85. The largest absolute Gasteiger partial charge is 0.399 e. The highest BCUT2D eigenvalue weighted by molar-refractivity contribution is 9.10. The van der Waals surface area contributed by atoms with Crippen LogP contribution in [0, 0.1) is 6.92 Å². The molecular formula is C16H18BrN3O. The van der Waals surface area contributed by atoms with E-state index >= 15 is 0 Å². The molecule has 3 N–H and O–H groups in total. The number of aryl methyl sites for hydroxylation is 1. The number of anilines is 3. The van der Waals surface area contributed by atoms with Crippen LogP contribution >= 0.6 is 15.9 Å². The molecule has 110 valence electrons. The summed E-state index contributed by atoms with van der Waals surface area (Å²) < 4.78 is 0.772. The molecule has 5 heteroatoms. The van der Waals surface area contributed by atoms with Crippen molar-refractivity contribution in [2.75, 3.05) is 29.5 Å². The molecule has 0 saturated heterocycles. The average molecular weight is 348 g/mol. The van der Waals surface area contributed by atoms with Crippen LogP contribution in [0.5, 0.6) is 0 Å². The third-order valence-corrected chi connectivity index (χ3v) is 3.78. The first-order valence-electron chi connectivity index (χ1n) is 6.58. The summed E-state index contributed by atoms with van der Waals surface area (Å²) in [6.45, 7) is 2.31. The van der Waals surface area contributed by atoms with Crippen LogP contribution in [0.2, 0.25) is 0 Å². The zero-order chi connectivity index (χ0) is 15.4. The van der Waals surface area contributed by atoms with E-state index in [0.717, 1.165) is 10.2 Å². The van der Waals surface area contributed by atoms with Gasteiger partial charge in [-0.1, -0.05) is 17.7 Å². The number of benzene rings is 2. The van der Waals surface area contributed by atoms with Crippen molar-refractivity contribution < 1.29 is 4.79 Å². The molecule has 0 bridgehead atoms. The lowest BCUT2D eigenvalue weighted by molar-refractivity contribution is -0.114. The van der Waals surface area contributed by atoms with Crippen molar-refractivity contribution in [2.45, 2.75) is 6.92 Å². The number of nitrogens with one attached hydrogen (secondary N) is 1. The molecule has 0 heterocycles. The van der Waals surface area contributed by atoms with Crippen LogP contribution < -0.4 is 16.0 Å². The molecule has 0 unspecified atom stereocenters. The van der Waals surface area contributed by atoms with Crippen molar-refractivity contribution in [3.8, 4) is 0 Å². The number of carbonyl (C=O) groups is 1. The number of halogens is 1. The zero-order valence-corrected chi connectivity index (χ0v) is 13.6. The minimum absolute atomic E-state index is 0.0800. The van der Waals surface area contributed by atoms with Crippen molar-refractivity contribution >= 4 is 38.9 Å². The summed E-state index contributed by atoms with van der Waals surface area (Å²) in [7, 11) is 1.89. The zero-order valence-electron chi connectivity index (χ0n) is 12.1. The summed E-state index contributed by atoms with van der Waals surface area (Å²) in [5, 5.41) is 2.87. The molecule has 0 aromatic heterocycles. The molecule has 4 nitrogen and oxygen atoms in total. The van der Waals surface area contributed by atoms with E-state index in [9.17, 15) is 4.79 Å². The number of carbonyl (C=O) groups excluding carboxylic acids is 1. The second-order valence-electron chi connectivity index (χ2n) is 4.98. The lowest BCUT2D eigenvalue weighted by Gasteiger charge is -2.19. The molecule has 0 radical (unpaired) electrons. The molecule has 2 aromatic carbocycles. The molecule has 0 fully saturated rings. The van der Waals surface area contributed by atoms with E-state index in [2.05, 4.69) is 21.2 Å². The Morgan fingerprint density at radius 2 is 1.90 bits per heavy atom. The van der Waals surface area contributed by atoms with E-state index in [1.54, 1.807) is 18.2 Å². The summed E-state index contributed by atoms with van der Waals surface area (Å²) in [5.74, 6) is -0.0800. The fraction of sp³-hybridized carbons (Fsp3) is 0.188. The molecule has 0 aliphatic rings. The molecule has 0 spiro atoms. The van der Waals surface area contributed by atoms with Gasteiger partial charge in [-0.3, -0.25) is 4.79 Å². The summed E-state index contributed by atoms with van der Waals surface area (Å²) in [6.07, 6.45) is 0. The quantitative estimate of drug-likeness (QED) is 0.833. The monoisotopic (exact) mass is 347 g/mol. The molecule has 0 aliphatic carbocycles. The molecule has 0 aliphatic heterocycles. The number of hydrogen-bond acceptors (Lipinski definition) is 3. The van der Waals surface area contributed by atoms with Crippen molar-refractivity contribution in [3.05, 3.63) is 52.5 Å². The Balaban J connectivity index is 1.99. The first kappa shape index (κ1) is 15.4. The molecule has 0 atom stereocenters. The minimum atomic E-state index is -0.0800. The highest BCUT2D eigenvalue weighted by Gasteiger charge is 2.09. The predicted octanol–water partition coefficient (Wildman–Crippen LogP) is 3.41. The van der Waals surface area contributed by atoms with Gasteiger partial charge in [-0.15, -0.1) is 0 Å². The van der Waals surface area contributed by atoms with Gasteiger partial charge in [-0.05, 0) is 53.2 Å². The van der Waals surface area contributed by atoms with Crippen LogP contribution in [0.4, 0.5) is 17.1 Å². The SMILES string of the molecule is Cc1ccc(N(C)CC(=O)Nc2ccc(N)cc2Br)cc1. The Hall–Kier alpha value is -2.01. The topological polar surface area (TPSA) is 58.4 Å². The van der Waals surface area contributed by atoms with E-state index in [1.807, 2.05) is 43.1 Å². The number of nitrogens with two attached hydrogens (primary N) is 1. The number of likely N-dealkylation sites (N-methyl/N-ethyl adjacent to an activating group) is 1. The van der Waals surface area contributed by atoms with Crippen LogP contribution in [0.15, 0.2) is 46.9 Å². The average Bonchev–Trinajstić information content (AvgIpc) is 2.42. The van der Waals surface area contributed by atoms with E-state index < -0.39 is 0 Å². The maximum atomic E-state index is 12.1. The summed E-state index contributed by atoms with van der Waals surface area (Å²) in [6, 6.07) is 13.4. The van der Waals surface area contributed by atoms with Gasteiger partial charge < -0.3 is 16.0 Å². The number of nitrogen functional groups attached to an aromatic ring is 1. The number of nitrogens with zero attached hydrogens (tertiary/aromatic N) is 1. The van der Waals surface area contributed by atoms with E-state index in [4.69, 9.17) is 5.73 Å². The van der Waals surface area contributed by atoms with Crippen LogP contribution in [0.3, 0.4) is 0 Å². The molecule has 2 aromatic rings. The van der Waals surface area contributed by atoms with Gasteiger partial charge in [-0.2, -0.15) is 0 Å². The van der Waals surface area contributed by atoms with Crippen LogP contribution in [-0.2, 0) is 4.79 Å². The number of rotatable bonds is 4. The number of hydrogen-bond donors (Lipinski definition) is 2. The van der Waals surface area contributed by atoms with E-state index in [-0.39, 0.29) is 12.5 Å². The Labute approximate surface area is 133 Å². The Morgan fingerprint density at radius 1 is 1.24 bits per heavy atom. The third kappa shape index (κ3) is 4.23. The van der Waals surface area contributed by atoms with Crippen LogP contribution in [0.1, 0.15) is 5.56 Å². The summed E-state index contributed by atoms with van der Waals surface area (Å²) in [5.41, 5.74) is 9.24. The third-order valence-electron chi connectivity index (χ3n) is 3.12. The standard InChI is InChI=1S/C16H18BrN3O/c1-11-3-6-13(7-4-11)20(2)10-16(21)19-15-8-5-12(18)9-14(15)17/h3-9H,10,18H2,1-2H3,(H,19,21). The van der Waals surface area contributed by atoms with Gasteiger partial charge in [0.05, 0.1) is 12.2 Å². The fourth-order valence-electron chi connectivity index (χ4n) is 1.93. The Morgan fingerprint density at radius 3 is 2.52 bits per heavy atom. The maximum Gasteiger partial charge on any atom is 0.243 e. The smallest absolute Gasteiger partial charge is 0.243 e. The van der Waals surface area contributed by atoms with Gasteiger partial charge in [0.1, 0.15) is 0 Å². The van der Waals surface area contributed by atoms with Crippen molar-refractivity contribution in [2.24, 2.45) is 0 Å². The Bertz CT molecular complexity index is 640. The molecule has 1 amide bonds. The summed E-state index contributed by atoms with van der Waals surface area (Å²) >= 11 is 3.39. The summed E-state index contributed by atoms with van der Waals surface area (Å²) in [4.78, 5) is 14.0. The van der Waals surface area contributed by atoms with Gasteiger partial charge in [0, 0.05) is 22.9 Å². The first-order valence-corrected chi connectivity index (χ1v) is 7.37. The molecular weight excluding hydrogens is 330 g/mol. The predicted molar refractivity (Wildman–Crippen MR) is 91.6 cm³/mol. The molecule has 2 rings (SSSR count). The fourth-order valence-corrected chi connectivity index (χ4v) is 2.42. The second-order valence-corrected chi connectivity index (χ2v) is 5.83. The normalized spacial score (nSPS) is 10.2. The van der Waals surface area contributed by atoms with Gasteiger partial charge in [-0.25, -0.2) is 0 Å². The lowest BCUT2D eigenvalue weighted by atomic mass is 10.2. The van der Waals surface area contributed by atoms with Crippen LogP contribution in [-0.4, -0.2) is 19.5 Å².